The zero-order valence-electron chi connectivity index (χ0n) is 19.0. The van der Waals surface area contributed by atoms with Crippen molar-refractivity contribution >= 4 is 11.8 Å². The summed E-state index contributed by atoms with van der Waals surface area (Å²) in [5, 5.41) is 6.36. The minimum atomic E-state index is -0.0265. The van der Waals surface area contributed by atoms with Crippen LogP contribution in [0, 0.1) is 5.92 Å². The highest BCUT2D eigenvalue weighted by Gasteiger charge is 2.27. The maximum Gasteiger partial charge on any atom is 0.253 e. The van der Waals surface area contributed by atoms with E-state index in [0.29, 0.717) is 25.0 Å². The Morgan fingerprint density at radius 1 is 1.06 bits per heavy atom. The van der Waals surface area contributed by atoms with E-state index in [9.17, 15) is 9.59 Å². The molecule has 2 aliphatic rings. The van der Waals surface area contributed by atoms with Crippen molar-refractivity contribution in [3.05, 3.63) is 64.7 Å². The summed E-state index contributed by atoms with van der Waals surface area (Å²) in [6.45, 7) is 8.59. The van der Waals surface area contributed by atoms with Crippen molar-refractivity contribution in [3.8, 4) is 5.75 Å². The van der Waals surface area contributed by atoms with Crippen molar-refractivity contribution in [2.24, 2.45) is 5.92 Å². The maximum atomic E-state index is 12.6. The second kappa shape index (κ2) is 10.2. The van der Waals surface area contributed by atoms with Crippen LogP contribution in [0.5, 0.6) is 5.75 Å². The fourth-order valence-electron chi connectivity index (χ4n) is 4.80. The number of hydrogen-bond donors (Lipinski definition) is 2. The molecule has 2 atom stereocenters. The van der Waals surface area contributed by atoms with Gasteiger partial charge >= 0.3 is 0 Å². The molecule has 0 bridgehead atoms. The second-order valence-corrected chi connectivity index (χ2v) is 8.61. The van der Waals surface area contributed by atoms with E-state index in [2.05, 4.69) is 22.8 Å². The molecule has 0 aromatic heterocycles. The largest absolute Gasteiger partial charge is 0.493 e. The van der Waals surface area contributed by atoms with Gasteiger partial charge in [-0.25, -0.2) is 0 Å². The number of amides is 2. The SMILES string of the molecule is CCN(CC)C(=O)c1ccc([C@@H]2CCNCC[C@H]2COc2ccc3c(c2)C(=O)NC3)cc1. The Morgan fingerprint density at radius 3 is 2.56 bits per heavy atom. The van der Waals surface area contributed by atoms with Gasteiger partial charge in [0.2, 0.25) is 0 Å². The predicted molar refractivity (Wildman–Crippen MR) is 125 cm³/mol. The fourth-order valence-corrected chi connectivity index (χ4v) is 4.80. The van der Waals surface area contributed by atoms with Gasteiger partial charge in [-0.15, -0.1) is 0 Å². The molecule has 1 fully saturated rings. The Labute approximate surface area is 190 Å². The first-order valence-electron chi connectivity index (χ1n) is 11.7. The zero-order chi connectivity index (χ0) is 22.5. The summed E-state index contributed by atoms with van der Waals surface area (Å²) in [4.78, 5) is 26.5. The van der Waals surface area contributed by atoms with Crippen LogP contribution in [0.3, 0.4) is 0 Å². The Balaban J connectivity index is 1.46. The van der Waals surface area contributed by atoms with Crippen LogP contribution in [0.25, 0.3) is 0 Å². The molecule has 1 saturated heterocycles. The summed E-state index contributed by atoms with van der Waals surface area (Å²) in [6.07, 6.45) is 2.06. The average Bonchev–Trinajstić information content (AvgIpc) is 3.04. The van der Waals surface area contributed by atoms with E-state index in [0.717, 1.165) is 61.5 Å². The van der Waals surface area contributed by atoms with Gasteiger partial charge in [0.15, 0.2) is 0 Å². The Hall–Kier alpha value is -2.86. The molecule has 2 aromatic carbocycles. The molecule has 170 valence electrons. The molecule has 6 heteroatoms. The van der Waals surface area contributed by atoms with Gasteiger partial charge in [-0.2, -0.15) is 0 Å². The summed E-state index contributed by atoms with van der Waals surface area (Å²) < 4.78 is 6.18. The van der Waals surface area contributed by atoms with Crippen LogP contribution >= 0.6 is 0 Å². The normalized spacial score (nSPS) is 20.2. The van der Waals surface area contributed by atoms with E-state index in [-0.39, 0.29) is 11.8 Å². The number of carbonyl (C=O) groups is 2. The molecule has 6 nitrogen and oxygen atoms in total. The van der Waals surface area contributed by atoms with Crippen LogP contribution in [0.15, 0.2) is 42.5 Å². The number of nitrogens with zero attached hydrogens (tertiary/aromatic N) is 1. The molecule has 0 radical (unpaired) electrons. The first kappa shape index (κ1) is 22.3. The molecule has 0 spiro atoms. The molecular formula is C26H33N3O3. The van der Waals surface area contributed by atoms with E-state index < -0.39 is 0 Å². The highest BCUT2D eigenvalue weighted by atomic mass is 16.5. The third-order valence-corrected chi connectivity index (χ3v) is 6.76. The Morgan fingerprint density at radius 2 is 1.81 bits per heavy atom. The van der Waals surface area contributed by atoms with Crippen LogP contribution in [0.2, 0.25) is 0 Å². The summed E-state index contributed by atoms with van der Waals surface area (Å²) in [7, 11) is 0. The minimum absolute atomic E-state index is 0.0265. The van der Waals surface area contributed by atoms with Crippen LogP contribution < -0.4 is 15.4 Å². The molecule has 2 aliphatic heterocycles. The van der Waals surface area contributed by atoms with Gasteiger partial charge in [-0.3, -0.25) is 9.59 Å². The summed E-state index contributed by atoms with van der Waals surface area (Å²) >= 11 is 0. The summed E-state index contributed by atoms with van der Waals surface area (Å²) in [6, 6.07) is 13.9. The summed E-state index contributed by atoms with van der Waals surface area (Å²) in [5.41, 5.74) is 3.74. The van der Waals surface area contributed by atoms with Crippen LogP contribution in [-0.4, -0.2) is 49.5 Å². The topological polar surface area (TPSA) is 70.7 Å². The Bertz CT molecular complexity index is 953. The third-order valence-electron chi connectivity index (χ3n) is 6.76. The van der Waals surface area contributed by atoms with Crippen molar-refractivity contribution in [1.82, 2.24) is 15.5 Å². The van der Waals surface area contributed by atoms with Crippen molar-refractivity contribution in [2.45, 2.75) is 39.2 Å². The van der Waals surface area contributed by atoms with Crippen LogP contribution in [-0.2, 0) is 6.54 Å². The van der Waals surface area contributed by atoms with Gasteiger partial charge in [0.25, 0.3) is 11.8 Å². The van der Waals surface area contributed by atoms with Gasteiger partial charge < -0.3 is 20.3 Å². The standard InChI is InChI=1S/C26H33N3O3/c1-3-29(4-2)26(31)19-7-5-18(6-8-19)23-12-14-27-13-11-21(23)17-32-22-10-9-20-16-28-25(30)24(20)15-22/h5-10,15,21,23,27H,3-4,11-14,16-17H2,1-2H3,(H,28,30)/t21-,23-/m0/s1. The lowest BCUT2D eigenvalue weighted by Gasteiger charge is -2.26. The van der Waals surface area contributed by atoms with E-state index in [1.54, 1.807) is 0 Å². The minimum Gasteiger partial charge on any atom is -0.493 e. The highest BCUT2D eigenvalue weighted by Crippen LogP contribution is 2.33. The zero-order valence-corrected chi connectivity index (χ0v) is 19.0. The number of ether oxygens (including phenoxy) is 1. The van der Waals surface area contributed by atoms with Crippen molar-refractivity contribution < 1.29 is 14.3 Å². The molecule has 0 unspecified atom stereocenters. The van der Waals surface area contributed by atoms with E-state index in [1.807, 2.05) is 49.1 Å². The monoisotopic (exact) mass is 435 g/mol. The smallest absolute Gasteiger partial charge is 0.253 e. The number of rotatable bonds is 7. The van der Waals surface area contributed by atoms with Crippen molar-refractivity contribution in [2.75, 3.05) is 32.8 Å². The quantitative estimate of drug-likeness (QED) is 0.698. The van der Waals surface area contributed by atoms with Crippen molar-refractivity contribution in [3.63, 3.8) is 0 Å². The van der Waals surface area contributed by atoms with Crippen LogP contribution in [0.4, 0.5) is 0 Å². The van der Waals surface area contributed by atoms with Gasteiger partial charge in [0.05, 0.1) is 6.61 Å². The molecule has 2 heterocycles. The molecule has 32 heavy (non-hydrogen) atoms. The predicted octanol–water partition coefficient (Wildman–Crippen LogP) is 3.57. The molecule has 2 aromatic rings. The van der Waals surface area contributed by atoms with E-state index in [4.69, 9.17) is 4.74 Å². The molecule has 2 N–H and O–H groups in total. The average molecular weight is 436 g/mol. The summed E-state index contributed by atoms with van der Waals surface area (Å²) in [5.74, 6) is 1.53. The fraction of sp³-hybridized carbons (Fsp3) is 0.462. The number of carbonyl (C=O) groups excluding carboxylic acids is 2. The van der Waals surface area contributed by atoms with Gasteiger partial charge in [0, 0.05) is 36.7 Å². The molecule has 4 rings (SSSR count). The lowest BCUT2D eigenvalue weighted by molar-refractivity contribution is 0.0772. The number of benzene rings is 2. The maximum absolute atomic E-state index is 12.6. The van der Waals surface area contributed by atoms with Crippen molar-refractivity contribution in [1.29, 1.82) is 0 Å². The number of hydrogen-bond acceptors (Lipinski definition) is 4. The third kappa shape index (κ3) is 4.80. The Kier molecular flexibility index (Phi) is 7.10. The van der Waals surface area contributed by atoms with E-state index in [1.165, 1.54) is 5.56 Å². The molecular weight excluding hydrogens is 402 g/mol. The number of nitrogens with one attached hydrogen (secondary N) is 2. The lowest BCUT2D eigenvalue weighted by Crippen LogP contribution is -2.30. The van der Waals surface area contributed by atoms with Gasteiger partial charge in [-0.1, -0.05) is 18.2 Å². The highest BCUT2D eigenvalue weighted by molar-refractivity contribution is 5.98. The first-order valence-corrected chi connectivity index (χ1v) is 11.7. The van der Waals surface area contributed by atoms with E-state index >= 15 is 0 Å². The number of fused-ring (bicyclic) bond motifs is 1. The molecule has 0 saturated carbocycles. The lowest BCUT2D eigenvalue weighted by atomic mass is 9.82. The first-order chi connectivity index (χ1) is 15.6. The second-order valence-electron chi connectivity index (χ2n) is 8.61. The van der Waals surface area contributed by atoms with Gasteiger partial charge in [-0.05, 0) is 81.1 Å². The molecule has 2 amide bonds. The van der Waals surface area contributed by atoms with Gasteiger partial charge in [0.1, 0.15) is 5.75 Å². The van der Waals surface area contributed by atoms with Crippen LogP contribution in [0.1, 0.15) is 64.4 Å². The molecule has 0 aliphatic carbocycles.